The lowest BCUT2D eigenvalue weighted by Crippen LogP contribution is -2.14. The summed E-state index contributed by atoms with van der Waals surface area (Å²) in [6.45, 7) is 1.02. The molecule has 0 saturated carbocycles. The summed E-state index contributed by atoms with van der Waals surface area (Å²) >= 11 is 0. The first-order valence-electron chi connectivity index (χ1n) is 9.22. The number of carbonyl (C=O) groups is 1. The van der Waals surface area contributed by atoms with Gasteiger partial charge in [-0.25, -0.2) is 0 Å². The molecular weight excluding hydrogens is 384 g/mol. The number of allylic oxidation sites excluding steroid dienone is 2. The van der Waals surface area contributed by atoms with Crippen LogP contribution >= 0.6 is 0 Å². The van der Waals surface area contributed by atoms with Gasteiger partial charge in [-0.15, -0.1) is 4.91 Å². The molecule has 1 amide bonds. The molecule has 4 rings (SSSR count). The number of aromatic nitrogens is 2. The predicted octanol–water partition coefficient (Wildman–Crippen LogP) is 3.58. The van der Waals surface area contributed by atoms with Crippen LogP contribution in [0.25, 0.3) is 22.4 Å². The summed E-state index contributed by atoms with van der Waals surface area (Å²) in [6.07, 6.45) is 5.67. The molecule has 0 saturated heterocycles. The number of hydrogen-bond donors (Lipinski definition) is 3. The van der Waals surface area contributed by atoms with Gasteiger partial charge in [-0.2, -0.15) is 5.10 Å². The largest absolute Gasteiger partial charge is 0.508 e. The molecule has 1 aliphatic rings. The lowest BCUT2D eigenvalue weighted by molar-refractivity contribution is 0.0991. The molecule has 8 heteroatoms. The van der Waals surface area contributed by atoms with Gasteiger partial charge in [0.15, 0.2) is 0 Å². The second-order valence-electron chi connectivity index (χ2n) is 6.77. The van der Waals surface area contributed by atoms with Gasteiger partial charge in [-0.3, -0.25) is 9.48 Å². The fraction of sp³-hybridized carbons (Fsp3) is 0.0909. The number of phenolic OH excluding ortho intramolecular Hbond substituents is 2. The Morgan fingerprint density at radius 2 is 1.87 bits per heavy atom. The highest BCUT2D eigenvalue weighted by Gasteiger charge is 2.18. The summed E-state index contributed by atoms with van der Waals surface area (Å²) in [5.41, 5.74) is 3.68. The minimum Gasteiger partial charge on any atom is -0.508 e. The summed E-state index contributed by atoms with van der Waals surface area (Å²) in [6, 6.07) is 13.2. The third kappa shape index (κ3) is 3.83. The van der Waals surface area contributed by atoms with E-state index in [0.29, 0.717) is 24.3 Å². The third-order valence-electron chi connectivity index (χ3n) is 4.78. The van der Waals surface area contributed by atoms with Gasteiger partial charge in [0, 0.05) is 28.9 Å². The van der Waals surface area contributed by atoms with Gasteiger partial charge in [0.2, 0.25) is 0 Å². The summed E-state index contributed by atoms with van der Waals surface area (Å²) in [7, 11) is 0. The van der Waals surface area contributed by atoms with Crippen LogP contribution in [0.1, 0.15) is 10.5 Å². The van der Waals surface area contributed by atoms with Crippen molar-refractivity contribution >= 4 is 5.91 Å². The molecule has 1 aromatic heterocycles. The minimum atomic E-state index is -0.877. The molecule has 0 aliphatic carbocycles. The summed E-state index contributed by atoms with van der Waals surface area (Å²) in [5.74, 6) is -0.920. The highest BCUT2D eigenvalue weighted by atomic mass is 16.3. The van der Waals surface area contributed by atoms with Crippen molar-refractivity contribution in [2.75, 3.05) is 6.54 Å². The number of phenols is 2. The van der Waals surface area contributed by atoms with Crippen LogP contribution in [0.15, 0.2) is 77.6 Å². The van der Waals surface area contributed by atoms with Crippen molar-refractivity contribution in [3.8, 4) is 33.9 Å². The van der Waals surface area contributed by atoms with Gasteiger partial charge in [-0.1, -0.05) is 30.3 Å². The van der Waals surface area contributed by atoms with E-state index >= 15 is 0 Å². The summed E-state index contributed by atoms with van der Waals surface area (Å²) in [4.78, 5) is 22.8. The third-order valence-corrected chi connectivity index (χ3v) is 4.78. The highest BCUT2D eigenvalue weighted by Crippen LogP contribution is 2.33. The molecule has 150 valence electrons. The van der Waals surface area contributed by atoms with Crippen molar-refractivity contribution in [1.29, 1.82) is 0 Å². The molecule has 0 atom stereocenters. The van der Waals surface area contributed by atoms with Gasteiger partial charge in [0.05, 0.1) is 12.2 Å². The molecule has 0 unspecified atom stereocenters. The minimum absolute atomic E-state index is 0.0156. The van der Waals surface area contributed by atoms with Crippen LogP contribution in [0.5, 0.6) is 11.5 Å². The molecule has 2 heterocycles. The van der Waals surface area contributed by atoms with Crippen LogP contribution in [0, 0.1) is 4.91 Å². The van der Waals surface area contributed by atoms with E-state index in [4.69, 9.17) is 0 Å². The van der Waals surface area contributed by atoms with Crippen molar-refractivity contribution in [2.24, 2.45) is 5.18 Å². The summed E-state index contributed by atoms with van der Waals surface area (Å²) < 4.78 is 1.47. The normalized spacial score (nSPS) is 12.9. The maximum absolute atomic E-state index is 12.0. The maximum atomic E-state index is 12.0. The zero-order valence-electron chi connectivity index (χ0n) is 15.8. The number of dihydropyridines is 1. The van der Waals surface area contributed by atoms with Crippen LogP contribution in [0.3, 0.4) is 0 Å². The second-order valence-corrected chi connectivity index (χ2v) is 6.77. The molecule has 2 aromatic carbocycles. The number of benzene rings is 2. The Kier molecular flexibility index (Phi) is 5.13. The fourth-order valence-corrected chi connectivity index (χ4v) is 3.26. The Bertz CT molecular complexity index is 1180. The van der Waals surface area contributed by atoms with Crippen molar-refractivity contribution in [1.82, 2.24) is 15.1 Å². The Hall–Kier alpha value is -4.20. The Balaban J connectivity index is 1.66. The van der Waals surface area contributed by atoms with Crippen molar-refractivity contribution < 1.29 is 15.0 Å². The molecule has 1 aliphatic heterocycles. The Labute approximate surface area is 171 Å². The van der Waals surface area contributed by atoms with Crippen LogP contribution in [0.2, 0.25) is 0 Å². The number of rotatable bonds is 5. The number of carbonyl (C=O) groups excluding carboxylic acids is 1. The zero-order chi connectivity index (χ0) is 21.1. The van der Waals surface area contributed by atoms with E-state index in [0.717, 1.165) is 16.7 Å². The molecular formula is C22H18N4O4. The topological polar surface area (TPSA) is 117 Å². The van der Waals surface area contributed by atoms with Gasteiger partial charge < -0.3 is 15.5 Å². The van der Waals surface area contributed by atoms with Gasteiger partial charge in [-0.05, 0) is 41.6 Å². The van der Waals surface area contributed by atoms with Crippen molar-refractivity contribution in [3.63, 3.8) is 0 Å². The number of aromatic hydroxyl groups is 2. The fourth-order valence-electron chi connectivity index (χ4n) is 3.26. The van der Waals surface area contributed by atoms with E-state index in [1.807, 2.05) is 18.4 Å². The molecule has 30 heavy (non-hydrogen) atoms. The van der Waals surface area contributed by atoms with Crippen LogP contribution < -0.4 is 5.32 Å². The van der Waals surface area contributed by atoms with Crippen LogP contribution in [-0.2, 0) is 6.54 Å². The second kappa shape index (κ2) is 8.04. The smallest absolute Gasteiger partial charge is 0.334 e. The quantitative estimate of drug-likeness (QED) is 0.562. The average molecular weight is 402 g/mol. The Morgan fingerprint density at radius 3 is 2.53 bits per heavy atom. The monoisotopic (exact) mass is 402 g/mol. The van der Waals surface area contributed by atoms with E-state index in [1.54, 1.807) is 36.4 Å². The van der Waals surface area contributed by atoms with Gasteiger partial charge in [0.25, 0.3) is 0 Å². The molecule has 3 aromatic rings. The van der Waals surface area contributed by atoms with Crippen molar-refractivity contribution in [3.05, 3.63) is 83.1 Å². The van der Waals surface area contributed by atoms with Gasteiger partial charge >= 0.3 is 5.91 Å². The molecule has 3 N–H and O–H groups in total. The number of nitroso groups, excluding NO2 is 1. The first-order chi connectivity index (χ1) is 14.5. The summed E-state index contributed by atoms with van der Waals surface area (Å²) in [5, 5.41) is 29.6. The number of nitrogens with one attached hydrogen (secondary N) is 1. The lowest BCUT2D eigenvalue weighted by atomic mass is 10.0. The molecule has 8 nitrogen and oxygen atoms in total. The number of amides is 1. The van der Waals surface area contributed by atoms with Gasteiger partial charge in [0.1, 0.15) is 17.2 Å². The van der Waals surface area contributed by atoms with E-state index < -0.39 is 5.91 Å². The first kappa shape index (κ1) is 19.1. The maximum Gasteiger partial charge on any atom is 0.334 e. The van der Waals surface area contributed by atoms with Crippen LogP contribution in [-0.4, -0.2) is 32.4 Å². The highest BCUT2D eigenvalue weighted by molar-refractivity contribution is 5.94. The molecule has 0 fully saturated rings. The molecule has 0 radical (unpaired) electrons. The predicted molar refractivity (Wildman–Crippen MR) is 112 cm³/mol. The molecule has 0 spiro atoms. The SMILES string of the molecule is O=NC(=O)c1cc(-c2ccc(-c3ccc(O)cc3O)cc2)nn1CC1=CCNC=C1. The molecule has 0 bridgehead atoms. The van der Waals surface area contributed by atoms with E-state index in [9.17, 15) is 19.9 Å². The first-order valence-corrected chi connectivity index (χ1v) is 9.22. The number of nitrogens with zero attached hydrogens (tertiary/aromatic N) is 3. The standard InChI is InChI=1S/C22H18N4O4/c27-17-5-6-18(21(28)11-17)15-1-3-16(4-2-15)19-12-20(22(29)25-30)26(24-19)13-14-7-9-23-10-8-14/h1-9,11-12,23,27-28H,10,13H2. The van der Waals surface area contributed by atoms with E-state index in [1.165, 1.54) is 16.8 Å². The van der Waals surface area contributed by atoms with Crippen LogP contribution in [0.4, 0.5) is 0 Å². The average Bonchev–Trinajstić information content (AvgIpc) is 3.18. The lowest BCUT2D eigenvalue weighted by Gasteiger charge is -2.09. The Morgan fingerprint density at radius 1 is 1.10 bits per heavy atom. The number of hydrogen-bond acceptors (Lipinski definition) is 6. The zero-order valence-corrected chi connectivity index (χ0v) is 15.8. The van der Waals surface area contributed by atoms with E-state index in [2.05, 4.69) is 15.6 Å². The van der Waals surface area contributed by atoms with Crippen molar-refractivity contribution in [2.45, 2.75) is 6.54 Å². The van der Waals surface area contributed by atoms with E-state index in [-0.39, 0.29) is 17.2 Å².